The number of amides is 1. The number of halogens is 1. The Morgan fingerprint density at radius 3 is 2.56 bits per heavy atom. The zero-order chi connectivity index (χ0) is 11.7. The summed E-state index contributed by atoms with van der Waals surface area (Å²) in [5, 5.41) is 1.81. The number of rotatable bonds is 2. The van der Waals surface area contributed by atoms with E-state index in [2.05, 4.69) is 6.58 Å². The Kier molecular flexibility index (Phi) is 2.81. The highest BCUT2D eigenvalue weighted by atomic mass is 35.5. The average Bonchev–Trinajstić information content (AvgIpc) is 2.58. The molecule has 1 heterocycles. The lowest BCUT2D eigenvalue weighted by Crippen LogP contribution is -2.82. The number of hydrogen-bond donors (Lipinski definition) is 1. The lowest BCUT2D eigenvalue weighted by molar-refractivity contribution is -0.451. The minimum absolute atomic E-state index is 0.0296. The number of carbonyl (C=O) groups excluding carboxylic acids is 1. The van der Waals surface area contributed by atoms with Crippen molar-refractivity contribution in [1.29, 1.82) is 0 Å². The van der Waals surface area contributed by atoms with E-state index in [1.165, 1.54) is 12.4 Å². The molecule has 1 aliphatic rings. The van der Waals surface area contributed by atoms with Gasteiger partial charge in [-0.05, 0) is 12.1 Å². The van der Waals surface area contributed by atoms with Gasteiger partial charge in [0.05, 0.1) is 23.3 Å². The maximum atomic E-state index is 11.7. The summed E-state index contributed by atoms with van der Waals surface area (Å²) < 4.78 is 5.17. The molecule has 1 aromatic rings. The van der Waals surface area contributed by atoms with Gasteiger partial charge in [-0.15, -0.1) is 0 Å². The minimum Gasteiger partial charge on any atom is -0.490 e. The second kappa shape index (κ2) is 4.12. The van der Waals surface area contributed by atoms with Crippen LogP contribution in [0.25, 0.3) is 5.70 Å². The molecule has 0 spiro atoms. The highest BCUT2D eigenvalue weighted by Crippen LogP contribution is 2.26. The Morgan fingerprint density at radius 2 is 2.00 bits per heavy atom. The van der Waals surface area contributed by atoms with Gasteiger partial charge in [0.25, 0.3) is 0 Å². The first-order valence-electron chi connectivity index (χ1n) is 4.76. The van der Waals surface area contributed by atoms with E-state index in [-0.39, 0.29) is 5.91 Å². The molecule has 82 valence electrons. The van der Waals surface area contributed by atoms with Gasteiger partial charge >= 0.3 is 5.91 Å². The van der Waals surface area contributed by atoms with Crippen molar-refractivity contribution < 1.29 is 14.8 Å². The van der Waals surface area contributed by atoms with Crippen molar-refractivity contribution in [3.8, 4) is 0 Å². The number of benzene rings is 1. The Hall–Kier alpha value is -1.58. The summed E-state index contributed by atoms with van der Waals surface area (Å²) in [5.41, 5.74) is 2.21. The predicted octanol–water partition coefficient (Wildman–Crippen LogP) is 1.47. The molecule has 0 aromatic heterocycles. The van der Waals surface area contributed by atoms with Gasteiger partial charge in [-0.3, -0.25) is 0 Å². The van der Waals surface area contributed by atoms with Gasteiger partial charge in [0.2, 0.25) is 0 Å². The number of carbonyl (C=O) groups is 1. The van der Waals surface area contributed by atoms with Crippen LogP contribution in [-0.2, 0) is 4.74 Å². The maximum Gasteiger partial charge on any atom is 0.348 e. The number of fused-ring (bicyclic) bond motifs is 1. The molecule has 2 N–H and O–H groups in total. The highest BCUT2D eigenvalue weighted by Gasteiger charge is 2.32. The van der Waals surface area contributed by atoms with E-state index >= 15 is 0 Å². The molecule has 4 heteroatoms. The molecule has 1 amide bonds. The van der Waals surface area contributed by atoms with E-state index in [9.17, 15) is 4.79 Å². The predicted molar refractivity (Wildman–Crippen MR) is 61.6 cm³/mol. The summed E-state index contributed by atoms with van der Waals surface area (Å²) >= 11 is 5.83. The molecular weight excluding hydrogens is 226 g/mol. The normalized spacial score (nSPS) is 17.0. The summed E-state index contributed by atoms with van der Waals surface area (Å²) in [5.74, 6) is 0.415. The fourth-order valence-electron chi connectivity index (χ4n) is 1.77. The summed E-state index contributed by atoms with van der Waals surface area (Å²) in [7, 11) is 1.51. The van der Waals surface area contributed by atoms with Crippen LogP contribution in [-0.4, -0.2) is 13.0 Å². The van der Waals surface area contributed by atoms with Crippen molar-refractivity contribution >= 4 is 23.2 Å². The first-order valence-corrected chi connectivity index (χ1v) is 5.14. The Morgan fingerprint density at radius 1 is 1.38 bits per heavy atom. The monoisotopic (exact) mass is 236 g/mol. The molecule has 3 nitrogen and oxygen atoms in total. The van der Waals surface area contributed by atoms with Crippen LogP contribution in [0.1, 0.15) is 15.9 Å². The minimum atomic E-state index is -0.0296. The number of ether oxygens (including phenoxy) is 1. The molecule has 0 atom stereocenters. The Bertz CT molecular complexity index is 505. The van der Waals surface area contributed by atoms with E-state index in [1.807, 2.05) is 18.2 Å². The van der Waals surface area contributed by atoms with Gasteiger partial charge < -0.3 is 4.74 Å². The zero-order valence-electron chi connectivity index (χ0n) is 8.79. The molecule has 2 rings (SSSR count). The fraction of sp³-hybridized carbons (Fsp3) is 0.0833. The van der Waals surface area contributed by atoms with E-state index in [1.54, 1.807) is 6.07 Å². The topological polar surface area (TPSA) is 42.9 Å². The van der Waals surface area contributed by atoms with Crippen molar-refractivity contribution in [2.75, 3.05) is 7.11 Å². The standard InChI is InChI=1S/C12H10ClNO2/c1-7(13)11(16-2)10-8-5-3-4-6-9(8)12(15)14-10/h3-6H,1H2,2H3,(H,14,15)/p+1/b11-10-. The molecule has 0 fully saturated rings. The molecule has 1 aromatic carbocycles. The van der Waals surface area contributed by atoms with Crippen molar-refractivity contribution in [3.05, 3.63) is 52.8 Å². The molecule has 0 saturated heterocycles. The SMILES string of the molecule is C=C(Cl)/C(OC)=C1/[NH2+]C(=O)c2ccccc21. The molecule has 16 heavy (non-hydrogen) atoms. The van der Waals surface area contributed by atoms with Crippen LogP contribution in [0.5, 0.6) is 0 Å². The Labute approximate surface area is 98.4 Å². The first-order chi connectivity index (χ1) is 7.65. The van der Waals surface area contributed by atoms with Crippen LogP contribution in [0, 0.1) is 0 Å². The number of allylic oxidation sites excluding steroid dienone is 1. The third-order valence-electron chi connectivity index (χ3n) is 2.45. The van der Waals surface area contributed by atoms with Gasteiger partial charge in [-0.1, -0.05) is 30.3 Å². The smallest absolute Gasteiger partial charge is 0.348 e. The molecule has 1 aliphatic heterocycles. The number of primary amides is 1. The van der Waals surface area contributed by atoms with E-state index in [0.29, 0.717) is 22.1 Å². The van der Waals surface area contributed by atoms with E-state index < -0.39 is 0 Å². The molecular formula is C12H11ClNO2+. The Balaban J connectivity index is 2.64. The third-order valence-corrected chi connectivity index (χ3v) is 2.62. The number of hydrogen-bond acceptors (Lipinski definition) is 2. The van der Waals surface area contributed by atoms with Crippen LogP contribution >= 0.6 is 11.6 Å². The van der Waals surface area contributed by atoms with Crippen molar-refractivity contribution in [2.45, 2.75) is 0 Å². The van der Waals surface area contributed by atoms with Crippen molar-refractivity contribution in [3.63, 3.8) is 0 Å². The van der Waals surface area contributed by atoms with Gasteiger partial charge in [0.1, 0.15) is 0 Å². The second-order valence-corrected chi connectivity index (χ2v) is 3.86. The lowest BCUT2D eigenvalue weighted by Gasteiger charge is -2.04. The number of nitrogens with two attached hydrogens (primary N) is 1. The molecule has 0 radical (unpaired) electrons. The summed E-state index contributed by atoms with van der Waals surface area (Å²) in [6, 6.07) is 7.35. The van der Waals surface area contributed by atoms with Crippen LogP contribution < -0.4 is 5.32 Å². The second-order valence-electron chi connectivity index (χ2n) is 3.41. The molecule has 0 bridgehead atoms. The van der Waals surface area contributed by atoms with Crippen LogP contribution in [0.15, 0.2) is 41.6 Å². The molecule has 0 aliphatic carbocycles. The van der Waals surface area contributed by atoms with Crippen molar-refractivity contribution in [1.82, 2.24) is 0 Å². The molecule has 0 unspecified atom stereocenters. The van der Waals surface area contributed by atoms with E-state index in [0.717, 1.165) is 5.56 Å². The summed E-state index contributed by atoms with van der Waals surface area (Å²) in [4.78, 5) is 11.7. The molecule has 0 saturated carbocycles. The van der Waals surface area contributed by atoms with Crippen LogP contribution in [0.2, 0.25) is 0 Å². The third kappa shape index (κ3) is 1.64. The van der Waals surface area contributed by atoms with Gasteiger partial charge in [-0.25, -0.2) is 10.1 Å². The summed E-state index contributed by atoms with van der Waals surface area (Å²) in [6.07, 6.45) is 0. The highest BCUT2D eigenvalue weighted by molar-refractivity contribution is 6.32. The first kappa shape index (κ1) is 10.9. The fourth-order valence-corrected chi connectivity index (χ4v) is 1.95. The largest absolute Gasteiger partial charge is 0.490 e. The number of quaternary nitrogens is 1. The van der Waals surface area contributed by atoms with Gasteiger partial charge in [-0.2, -0.15) is 0 Å². The quantitative estimate of drug-likeness (QED) is 0.791. The number of methoxy groups -OCH3 is 1. The average molecular weight is 237 g/mol. The van der Waals surface area contributed by atoms with Crippen LogP contribution in [0.4, 0.5) is 0 Å². The van der Waals surface area contributed by atoms with Crippen LogP contribution in [0.3, 0.4) is 0 Å². The van der Waals surface area contributed by atoms with Gasteiger partial charge in [0, 0.05) is 0 Å². The lowest BCUT2D eigenvalue weighted by atomic mass is 10.1. The maximum absolute atomic E-state index is 11.7. The summed E-state index contributed by atoms with van der Waals surface area (Å²) in [6.45, 7) is 3.62. The zero-order valence-corrected chi connectivity index (χ0v) is 9.54. The van der Waals surface area contributed by atoms with E-state index in [4.69, 9.17) is 16.3 Å². The van der Waals surface area contributed by atoms with Crippen molar-refractivity contribution in [2.24, 2.45) is 0 Å². The van der Waals surface area contributed by atoms with Gasteiger partial charge in [0.15, 0.2) is 11.5 Å².